The van der Waals surface area contributed by atoms with Crippen molar-refractivity contribution in [3.63, 3.8) is 0 Å². The number of piperidine rings is 1. The first kappa shape index (κ1) is 25.9. The van der Waals surface area contributed by atoms with Gasteiger partial charge in [0.15, 0.2) is 0 Å². The number of nitrogens with one attached hydrogen (secondary N) is 1. The van der Waals surface area contributed by atoms with Crippen LogP contribution in [0.4, 0.5) is 22.0 Å². The molecular formula is C26H27F5N4O. The summed E-state index contributed by atoms with van der Waals surface area (Å²) in [6, 6.07) is 10.6. The molecule has 1 amide bonds. The van der Waals surface area contributed by atoms with E-state index in [-0.39, 0.29) is 38.4 Å². The van der Waals surface area contributed by atoms with Crippen LogP contribution < -0.4 is 5.32 Å². The molecule has 0 radical (unpaired) electrons. The van der Waals surface area contributed by atoms with Crippen molar-refractivity contribution in [2.75, 3.05) is 19.6 Å². The maximum absolute atomic E-state index is 13.8. The van der Waals surface area contributed by atoms with E-state index in [9.17, 15) is 26.7 Å². The summed E-state index contributed by atoms with van der Waals surface area (Å²) in [7, 11) is 0. The van der Waals surface area contributed by atoms with Gasteiger partial charge >= 0.3 is 6.18 Å². The molecule has 1 saturated heterocycles. The third-order valence-electron chi connectivity index (χ3n) is 6.41. The minimum Gasteiger partial charge on any atom is -0.350 e. The first-order valence-corrected chi connectivity index (χ1v) is 11.9. The Hall–Kier alpha value is -3.14. The summed E-state index contributed by atoms with van der Waals surface area (Å²) < 4.78 is 66.5. The zero-order chi connectivity index (χ0) is 25.9. The van der Waals surface area contributed by atoms with Crippen LogP contribution in [-0.4, -0.2) is 46.3 Å². The van der Waals surface area contributed by atoms with Gasteiger partial charge in [0.1, 0.15) is 5.69 Å². The van der Waals surface area contributed by atoms with Crippen molar-refractivity contribution in [3.05, 3.63) is 71.2 Å². The molecule has 1 N–H and O–H groups in total. The molecule has 1 aromatic carbocycles. The predicted molar refractivity (Wildman–Crippen MR) is 126 cm³/mol. The van der Waals surface area contributed by atoms with E-state index in [4.69, 9.17) is 0 Å². The highest BCUT2D eigenvalue weighted by molar-refractivity contribution is 6.06. The third kappa shape index (κ3) is 5.98. The Bertz CT molecular complexity index is 1200. The number of benzene rings is 1. The van der Waals surface area contributed by atoms with E-state index in [0.29, 0.717) is 28.5 Å². The van der Waals surface area contributed by atoms with E-state index in [0.717, 1.165) is 24.4 Å². The van der Waals surface area contributed by atoms with Gasteiger partial charge in [-0.2, -0.15) is 13.2 Å². The molecule has 2 aromatic heterocycles. The van der Waals surface area contributed by atoms with E-state index in [1.807, 2.05) is 25.1 Å². The molecule has 1 aliphatic rings. The van der Waals surface area contributed by atoms with Gasteiger partial charge in [-0.1, -0.05) is 37.6 Å². The smallest absolute Gasteiger partial charge is 0.350 e. The molecule has 0 saturated carbocycles. The number of rotatable bonds is 7. The van der Waals surface area contributed by atoms with Crippen LogP contribution in [0.5, 0.6) is 0 Å². The molecule has 0 bridgehead atoms. The first-order chi connectivity index (χ1) is 17.1. The molecule has 0 aliphatic carbocycles. The van der Waals surface area contributed by atoms with Crippen LogP contribution in [0.3, 0.4) is 0 Å². The van der Waals surface area contributed by atoms with Gasteiger partial charge in [-0.15, -0.1) is 0 Å². The Kier molecular flexibility index (Phi) is 7.54. The third-order valence-corrected chi connectivity index (χ3v) is 6.41. The van der Waals surface area contributed by atoms with Crippen LogP contribution in [0.2, 0.25) is 0 Å². The normalized spacial score (nSPS) is 17.2. The number of alkyl halides is 5. The topological polar surface area (TPSA) is 58.1 Å². The lowest BCUT2D eigenvalue weighted by Crippen LogP contribution is -2.45. The molecule has 3 heterocycles. The summed E-state index contributed by atoms with van der Waals surface area (Å²) >= 11 is 0. The molecule has 0 spiro atoms. The molecule has 10 heteroatoms. The van der Waals surface area contributed by atoms with Gasteiger partial charge in [0.05, 0.1) is 17.1 Å². The maximum atomic E-state index is 13.8. The van der Waals surface area contributed by atoms with Crippen molar-refractivity contribution >= 4 is 16.8 Å². The number of carbonyl (C=O) groups excluding carboxylic acids is 1. The summed E-state index contributed by atoms with van der Waals surface area (Å²) in [5, 5.41) is 3.56. The van der Waals surface area contributed by atoms with E-state index < -0.39 is 23.8 Å². The van der Waals surface area contributed by atoms with Crippen LogP contribution in [0.1, 0.15) is 59.5 Å². The Morgan fingerprint density at radius 3 is 2.50 bits per heavy atom. The number of halogens is 5. The number of aromatic nitrogens is 2. The standard InChI is InChI=1S/C26H27F5N4O/c1-2-5-18-14-20(19-6-3-4-7-21(19)34-18)24(36)33-16-22(35-12-10-25(27,28)11-13-35)17-8-9-23(32-15-17)26(29,30)31/h3-4,6-9,14-15,22H,2,5,10-13,16H2,1H3,(H,33,36). The number of aryl methyl sites for hydroxylation is 1. The van der Waals surface area contributed by atoms with Gasteiger partial charge in [-0.05, 0) is 30.2 Å². The lowest BCUT2D eigenvalue weighted by atomic mass is 10.00. The average molecular weight is 507 g/mol. The zero-order valence-corrected chi connectivity index (χ0v) is 19.8. The number of likely N-dealkylation sites (tertiary alicyclic amines) is 1. The van der Waals surface area contributed by atoms with Crippen LogP contribution >= 0.6 is 0 Å². The molecule has 4 rings (SSSR count). The second kappa shape index (κ2) is 10.5. The molecule has 3 aromatic rings. The molecule has 1 aliphatic heterocycles. The Morgan fingerprint density at radius 1 is 1.14 bits per heavy atom. The zero-order valence-electron chi connectivity index (χ0n) is 19.8. The number of para-hydroxylation sites is 1. The van der Waals surface area contributed by atoms with Crippen LogP contribution in [-0.2, 0) is 12.6 Å². The van der Waals surface area contributed by atoms with Gasteiger partial charge in [0.25, 0.3) is 11.8 Å². The van der Waals surface area contributed by atoms with E-state index in [1.165, 1.54) is 6.07 Å². The van der Waals surface area contributed by atoms with Crippen molar-refractivity contribution in [2.24, 2.45) is 0 Å². The van der Waals surface area contributed by atoms with Crippen molar-refractivity contribution in [3.8, 4) is 0 Å². The van der Waals surface area contributed by atoms with Gasteiger partial charge in [0, 0.05) is 49.8 Å². The molecule has 192 valence electrons. The van der Waals surface area contributed by atoms with Crippen LogP contribution in [0.25, 0.3) is 10.9 Å². The molecule has 1 fully saturated rings. The Morgan fingerprint density at radius 2 is 1.86 bits per heavy atom. The molecule has 36 heavy (non-hydrogen) atoms. The van der Waals surface area contributed by atoms with E-state index >= 15 is 0 Å². The Labute approximate surface area is 205 Å². The van der Waals surface area contributed by atoms with Crippen LogP contribution in [0.15, 0.2) is 48.7 Å². The Balaban J connectivity index is 1.59. The average Bonchev–Trinajstić information content (AvgIpc) is 2.84. The van der Waals surface area contributed by atoms with Crippen molar-refractivity contribution in [2.45, 2.75) is 50.7 Å². The number of pyridine rings is 2. The number of nitrogens with zero attached hydrogens (tertiary/aromatic N) is 3. The fraction of sp³-hybridized carbons (Fsp3) is 0.423. The molecule has 5 nitrogen and oxygen atoms in total. The van der Waals surface area contributed by atoms with Crippen LogP contribution in [0, 0.1) is 0 Å². The molecule has 1 unspecified atom stereocenters. The second-order valence-corrected chi connectivity index (χ2v) is 9.02. The highest BCUT2D eigenvalue weighted by atomic mass is 19.4. The SMILES string of the molecule is CCCc1cc(C(=O)NCC(c2ccc(C(F)(F)F)nc2)N2CCC(F)(F)CC2)c2ccccc2n1. The monoisotopic (exact) mass is 506 g/mol. The fourth-order valence-electron chi connectivity index (χ4n) is 4.48. The highest BCUT2D eigenvalue weighted by Gasteiger charge is 2.37. The number of carbonyl (C=O) groups is 1. The second-order valence-electron chi connectivity index (χ2n) is 9.02. The van der Waals surface area contributed by atoms with Crippen molar-refractivity contribution in [1.29, 1.82) is 0 Å². The van der Waals surface area contributed by atoms with Gasteiger partial charge in [-0.3, -0.25) is 19.7 Å². The van der Waals surface area contributed by atoms with Gasteiger partial charge in [0.2, 0.25) is 0 Å². The minimum absolute atomic E-state index is 0.0250. The number of hydrogen-bond donors (Lipinski definition) is 1. The van der Waals surface area contributed by atoms with E-state index in [1.54, 1.807) is 17.0 Å². The number of hydrogen-bond acceptors (Lipinski definition) is 4. The van der Waals surface area contributed by atoms with Gasteiger partial charge < -0.3 is 5.32 Å². The first-order valence-electron chi connectivity index (χ1n) is 11.9. The molecule has 1 atom stereocenters. The highest BCUT2D eigenvalue weighted by Crippen LogP contribution is 2.33. The minimum atomic E-state index is -4.59. The van der Waals surface area contributed by atoms with Crippen molar-refractivity contribution in [1.82, 2.24) is 20.2 Å². The van der Waals surface area contributed by atoms with Gasteiger partial charge in [-0.25, -0.2) is 8.78 Å². The van der Waals surface area contributed by atoms with E-state index in [2.05, 4.69) is 15.3 Å². The largest absolute Gasteiger partial charge is 0.433 e. The summed E-state index contributed by atoms with van der Waals surface area (Å²) in [5.74, 6) is -3.15. The number of amides is 1. The molecular weight excluding hydrogens is 479 g/mol. The number of fused-ring (bicyclic) bond motifs is 1. The summed E-state index contributed by atoms with van der Waals surface area (Å²) in [6.45, 7) is 2.14. The quantitative estimate of drug-likeness (QED) is 0.412. The summed E-state index contributed by atoms with van der Waals surface area (Å²) in [4.78, 5) is 23.2. The maximum Gasteiger partial charge on any atom is 0.433 e. The summed E-state index contributed by atoms with van der Waals surface area (Å²) in [6.07, 6.45) is -2.65. The van der Waals surface area contributed by atoms with Crippen molar-refractivity contribution < 1.29 is 26.7 Å². The lowest BCUT2D eigenvalue weighted by Gasteiger charge is -2.37. The lowest BCUT2D eigenvalue weighted by molar-refractivity contribution is -0.141. The fourth-order valence-corrected chi connectivity index (χ4v) is 4.48. The summed E-state index contributed by atoms with van der Waals surface area (Å²) in [5.41, 5.74) is 1.29. The predicted octanol–water partition coefficient (Wildman–Crippen LogP) is 5.80.